The van der Waals surface area contributed by atoms with E-state index in [1.54, 1.807) is 42.3 Å². The van der Waals surface area contributed by atoms with Crippen LogP contribution in [0.3, 0.4) is 0 Å². The van der Waals surface area contributed by atoms with Gasteiger partial charge < -0.3 is 9.30 Å². The van der Waals surface area contributed by atoms with Gasteiger partial charge >= 0.3 is 5.97 Å². The van der Waals surface area contributed by atoms with E-state index >= 15 is 0 Å². The topological polar surface area (TPSA) is 65.6 Å². The Morgan fingerprint density at radius 1 is 1.13 bits per heavy atom. The Balaban J connectivity index is 1.68. The van der Waals surface area contributed by atoms with Crippen LogP contribution in [0.2, 0.25) is 0 Å². The molecule has 200 valence electrons. The molecule has 6 nitrogen and oxygen atoms in total. The zero-order chi connectivity index (χ0) is 27.8. The van der Waals surface area contributed by atoms with Gasteiger partial charge in [-0.3, -0.25) is 9.36 Å². The van der Waals surface area contributed by atoms with Gasteiger partial charge in [0.15, 0.2) is 4.80 Å². The Bertz CT molecular complexity index is 1780. The summed E-state index contributed by atoms with van der Waals surface area (Å²) in [5, 5.41) is 0. The van der Waals surface area contributed by atoms with E-state index in [2.05, 4.69) is 4.99 Å². The summed E-state index contributed by atoms with van der Waals surface area (Å²) < 4.78 is 23.0. The van der Waals surface area contributed by atoms with E-state index in [-0.39, 0.29) is 18.0 Å². The Morgan fingerprint density at radius 3 is 2.46 bits per heavy atom. The summed E-state index contributed by atoms with van der Waals surface area (Å²) in [6.07, 6.45) is 3.86. The number of esters is 1. The van der Waals surface area contributed by atoms with E-state index in [9.17, 15) is 14.0 Å². The number of allylic oxidation sites excluding steroid dienone is 1. The molecule has 2 aromatic heterocycles. The van der Waals surface area contributed by atoms with Crippen LogP contribution in [-0.2, 0) is 9.53 Å². The number of benzene rings is 2. The maximum Gasteiger partial charge on any atom is 0.338 e. The monoisotopic (exact) mass is 561 g/mol. The molecule has 4 aromatic rings. The number of halogens is 1. The van der Waals surface area contributed by atoms with Crippen molar-refractivity contribution in [2.45, 2.75) is 38.6 Å². The van der Waals surface area contributed by atoms with Crippen LogP contribution in [-0.4, -0.2) is 28.0 Å². The predicted molar refractivity (Wildman–Crippen MR) is 154 cm³/mol. The van der Waals surface area contributed by atoms with Gasteiger partial charge in [-0.15, -0.1) is 11.8 Å². The van der Waals surface area contributed by atoms with E-state index in [1.165, 1.54) is 23.5 Å². The lowest BCUT2D eigenvalue weighted by Gasteiger charge is -2.24. The highest BCUT2D eigenvalue weighted by atomic mass is 32.2. The molecular weight excluding hydrogens is 533 g/mol. The Kier molecular flexibility index (Phi) is 7.46. The predicted octanol–water partition coefficient (Wildman–Crippen LogP) is 5.07. The molecule has 1 aliphatic heterocycles. The number of fused-ring (bicyclic) bond motifs is 1. The molecule has 0 fully saturated rings. The second-order valence-corrected chi connectivity index (χ2v) is 11.1. The highest BCUT2D eigenvalue weighted by molar-refractivity contribution is 7.98. The average Bonchev–Trinajstić information content (AvgIpc) is 3.38. The highest BCUT2D eigenvalue weighted by Gasteiger charge is 2.33. The fourth-order valence-corrected chi connectivity index (χ4v) is 6.40. The van der Waals surface area contributed by atoms with Gasteiger partial charge in [-0.2, -0.15) is 0 Å². The normalized spacial score (nSPS) is 15.3. The van der Waals surface area contributed by atoms with Crippen LogP contribution in [0.5, 0.6) is 0 Å². The number of thiazole rings is 1. The molecule has 3 heterocycles. The third kappa shape index (κ3) is 4.92. The maximum atomic E-state index is 13.9. The molecule has 0 saturated heterocycles. The first kappa shape index (κ1) is 26.9. The van der Waals surface area contributed by atoms with Crippen LogP contribution < -0.4 is 14.9 Å². The lowest BCUT2D eigenvalue weighted by molar-refractivity contribution is -0.139. The molecule has 0 amide bonds. The molecule has 0 N–H and O–H groups in total. The van der Waals surface area contributed by atoms with Crippen LogP contribution in [0.15, 0.2) is 80.5 Å². The van der Waals surface area contributed by atoms with Crippen LogP contribution in [0.1, 0.15) is 42.4 Å². The standard InChI is InChI=1S/C30H28FN3O3S2/c1-6-37-29(36)26-18(3)32-30-34(27(26)20-7-13-24(38-5)14-8-20)28(35)25(39-30)16-21-15-17(2)33(19(21)4)23-11-9-22(31)10-12-23/h7-16,27H,6H2,1-5H3/b25-16-/t27-/m0/s1. The quantitative estimate of drug-likeness (QED) is 0.244. The second kappa shape index (κ2) is 10.8. The summed E-state index contributed by atoms with van der Waals surface area (Å²) in [5.74, 6) is -0.771. The van der Waals surface area contributed by atoms with Gasteiger partial charge in [0.2, 0.25) is 0 Å². The Morgan fingerprint density at radius 2 is 1.82 bits per heavy atom. The number of hydrogen-bond donors (Lipinski definition) is 0. The van der Waals surface area contributed by atoms with Crippen LogP contribution >= 0.6 is 23.1 Å². The van der Waals surface area contributed by atoms with Gasteiger partial charge in [-0.25, -0.2) is 14.2 Å². The molecule has 0 bridgehead atoms. The molecule has 1 aliphatic rings. The van der Waals surface area contributed by atoms with Crippen molar-refractivity contribution in [3.8, 4) is 5.69 Å². The second-order valence-electron chi connectivity index (χ2n) is 9.21. The molecule has 1 atom stereocenters. The summed E-state index contributed by atoms with van der Waals surface area (Å²) in [5.41, 5.74) is 5.10. The van der Waals surface area contributed by atoms with Gasteiger partial charge in [0.1, 0.15) is 5.82 Å². The minimum absolute atomic E-state index is 0.224. The number of hydrogen-bond acceptors (Lipinski definition) is 6. The number of ether oxygens (including phenoxy) is 1. The van der Waals surface area contributed by atoms with Gasteiger partial charge in [-0.05, 0) is 93.6 Å². The maximum absolute atomic E-state index is 13.9. The van der Waals surface area contributed by atoms with Crippen molar-refractivity contribution >= 4 is 35.1 Å². The number of rotatable bonds is 6. The Hall–Kier alpha value is -3.69. The molecule has 5 rings (SSSR count). The highest BCUT2D eigenvalue weighted by Crippen LogP contribution is 2.31. The van der Waals surface area contributed by atoms with E-state index in [0.717, 1.165) is 33.1 Å². The molecule has 0 radical (unpaired) electrons. The first-order valence-corrected chi connectivity index (χ1v) is 14.6. The van der Waals surface area contributed by atoms with Crippen molar-refractivity contribution in [3.05, 3.63) is 114 Å². The summed E-state index contributed by atoms with van der Waals surface area (Å²) >= 11 is 2.92. The van der Waals surface area contributed by atoms with Gasteiger partial charge in [0.25, 0.3) is 5.56 Å². The van der Waals surface area contributed by atoms with E-state index in [4.69, 9.17) is 4.74 Å². The lowest BCUT2D eigenvalue weighted by Crippen LogP contribution is -2.39. The fraction of sp³-hybridized carbons (Fsp3) is 0.233. The van der Waals surface area contributed by atoms with Crippen molar-refractivity contribution in [1.82, 2.24) is 9.13 Å². The van der Waals surface area contributed by atoms with Crippen LogP contribution in [0.4, 0.5) is 4.39 Å². The number of thioether (sulfide) groups is 1. The molecule has 0 spiro atoms. The smallest absolute Gasteiger partial charge is 0.338 e. The largest absolute Gasteiger partial charge is 0.463 e. The van der Waals surface area contributed by atoms with Crippen LogP contribution in [0, 0.1) is 19.7 Å². The number of carbonyl (C=O) groups excluding carboxylic acids is 1. The summed E-state index contributed by atoms with van der Waals surface area (Å²) in [7, 11) is 0. The first-order chi connectivity index (χ1) is 18.7. The third-order valence-corrected chi connectivity index (χ3v) is 8.52. The van der Waals surface area contributed by atoms with Crippen LogP contribution in [0.25, 0.3) is 11.8 Å². The van der Waals surface area contributed by atoms with Crippen molar-refractivity contribution in [1.29, 1.82) is 0 Å². The summed E-state index contributed by atoms with van der Waals surface area (Å²) in [4.78, 5) is 33.3. The van der Waals surface area contributed by atoms with E-state index in [1.807, 2.05) is 61.1 Å². The molecule has 0 unspecified atom stereocenters. The summed E-state index contributed by atoms with van der Waals surface area (Å²) in [6.45, 7) is 7.71. The number of carbonyl (C=O) groups is 1. The third-order valence-electron chi connectivity index (χ3n) is 6.79. The zero-order valence-electron chi connectivity index (χ0n) is 22.3. The molecule has 2 aromatic carbocycles. The van der Waals surface area contributed by atoms with Crippen molar-refractivity contribution in [2.24, 2.45) is 4.99 Å². The van der Waals surface area contributed by atoms with Gasteiger partial charge in [0.05, 0.1) is 28.5 Å². The first-order valence-electron chi connectivity index (χ1n) is 12.5. The molecule has 0 saturated carbocycles. The molecule has 39 heavy (non-hydrogen) atoms. The van der Waals surface area contributed by atoms with E-state index in [0.29, 0.717) is 20.6 Å². The SMILES string of the molecule is CCOC(=O)C1=C(C)N=c2s/c(=C\c3cc(C)n(-c4ccc(F)cc4)c3C)c(=O)n2[C@H]1c1ccc(SC)cc1. The minimum atomic E-state index is -0.648. The number of nitrogens with zero attached hydrogens (tertiary/aromatic N) is 3. The molecular formula is C30H28FN3O3S2. The average molecular weight is 562 g/mol. The lowest BCUT2D eigenvalue weighted by atomic mass is 9.96. The van der Waals surface area contributed by atoms with Gasteiger partial charge in [-0.1, -0.05) is 23.5 Å². The van der Waals surface area contributed by atoms with Crippen molar-refractivity contribution < 1.29 is 13.9 Å². The number of aryl methyl sites for hydroxylation is 1. The summed E-state index contributed by atoms with van der Waals surface area (Å²) in [6, 6.07) is 15.5. The number of aromatic nitrogens is 2. The molecule has 9 heteroatoms. The Labute approximate surface area is 233 Å². The van der Waals surface area contributed by atoms with Gasteiger partial charge in [0, 0.05) is 22.0 Å². The fourth-order valence-electron chi connectivity index (χ4n) is 4.96. The van der Waals surface area contributed by atoms with Crippen molar-refractivity contribution in [2.75, 3.05) is 12.9 Å². The zero-order valence-corrected chi connectivity index (χ0v) is 24.0. The van der Waals surface area contributed by atoms with E-state index < -0.39 is 12.0 Å². The van der Waals surface area contributed by atoms with Crippen molar-refractivity contribution in [3.63, 3.8) is 0 Å². The minimum Gasteiger partial charge on any atom is -0.463 e. The molecule has 0 aliphatic carbocycles.